The van der Waals surface area contributed by atoms with Crippen molar-refractivity contribution in [1.82, 2.24) is 9.62 Å². The monoisotopic (exact) mass is 311 g/mol. The molecule has 0 aromatic heterocycles. The van der Waals surface area contributed by atoms with Gasteiger partial charge in [0.1, 0.15) is 4.90 Å². The van der Waals surface area contributed by atoms with E-state index in [1.54, 1.807) is 0 Å². The maximum Gasteiger partial charge on any atom is 0.244 e. The molecule has 5 nitrogen and oxygen atoms in total. The summed E-state index contributed by atoms with van der Waals surface area (Å²) in [4.78, 5) is 0.0335. The van der Waals surface area contributed by atoms with Gasteiger partial charge in [0.2, 0.25) is 10.0 Å². The normalized spacial score (nSPS) is 26.4. The number of hydrogen-bond acceptors (Lipinski definition) is 4. The van der Waals surface area contributed by atoms with Crippen molar-refractivity contribution in [2.45, 2.75) is 4.90 Å². The van der Waals surface area contributed by atoms with Gasteiger partial charge in [0.25, 0.3) is 0 Å². The summed E-state index contributed by atoms with van der Waals surface area (Å²) in [5.74, 6) is 0.755. The maximum atomic E-state index is 12.7. The summed E-state index contributed by atoms with van der Waals surface area (Å²) in [6.45, 7) is 2.77. The fourth-order valence-corrected chi connectivity index (χ4v) is 4.97. The summed E-state index contributed by atoms with van der Waals surface area (Å²) in [6, 6.07) is 6.28. The van der Waals surface area contributed by atoms with Gasteiger partial charge >= 0.3 is 0 Å². The van der Waals surface area contributed by atoms with Crippen molar-refractivity contribution in [2.75, 3.05) is 26.2 Å². The first-order valence-electron chi connectivity index (χ1n) is 6.43. The molecule has 2 heterocycles. The minimum Gasteiger partial charge on any atom is -0.316 e. The largest absolute Gasteiger partial charge is 0.316 e. The van der Waals surface area contributed by atoms with E-state index in [0.29, 0.717) is 30.5 Å². The van der Waals surface area contributed by atoms with Crippen molar-refractivity contribution in [2.24, 2.45) is 11.8 Å². The Morgan fingerprint density at radius 1 is 1.30 bits per heavy atom. The third kappa shape index (κ3) is 2.21. The number of nitrogens with zero attached hydrogens (tertiary/aromatic N) is 2. The lowest BCUT2D eigenvalue weighted by Crippen LogP contribution is -2.32. The smallest absolute Gasteiger partial charge is 0.244 e. The van der Waals surface area contributed by atoms with E-state index in [1.165, 1.54) is 22.5 Å². The molecule has 0 aliphatic carbocycles. The Hall–Kier alpha value is -1.13. The minimum atomic E-state index is -3.62. The predicted molar refractivity (Wildman–Crippen MR) is 74.8 cm³/mol. The van der Waals surface area contributed by atoms with Gasteiger partial charge in [0, 0.05) is 13.1 Å². The molecule has 2 aliphatic rings. The van der Waals surface area contributed by atoms with Crippen LogP contribution in [0.5, 0.6) is 0 Å². The average Bonchev–Trinajstić information content (AvgIpc) is 3.00. The van der Waals surface area contributed by atoms with Crippen LogP contribution in [-0.2, 0) is 10.0 Å². The van der Waals surface area contributed by atoms with Gasteiger partial charge in [0.05, 0.1) is 16.7 Å². The molecule has 2 aliphatic heterocycles. The highest BCUT2D eigenvalue weighted by Crippen LogP contribution is 2.33. The summed E-state index contributed by atoms with van der Waals surface area (Å²) in [6.07, 6.45) is 0. The zero-order valence-corrected chi connectivity index (χ0v) is 12.3. The van der Waals surface area contributed by atoms with Crippen LogP contribution in [0.15, 0.2) is 23.1 Å². The van der Waals surface area contributed by atoms with Gasteiger partial charge < -0.3 is 5.32 Å². The van der Waals surface area contributed by atoms with Crippen LogP contribution in [0.3, 0.4) is 0 Å². The number of nitriles is 1. The fraction of sp³-hybridized carbons (Fsp3) is 0.462. The van der Waals surface area contributed by atoms with Crippen LogP contribution >= 0.6 is 11.6 Å². The molecular weight excluding hydrogens is 298 g/mol. The maximum absolute atomic E-state index is 12.7. The third-order valence-electron chi connectivity index (χ3n) is 4.03. The van der Waals surface area contributed by atoms with Crippen LogP contribution in [0.4, 0.5) is 0 Å². The van der Waals surface area contributed by atoms with Crippen LogP contribution in [0.2, 0.25) is 5.02 Å². The van der Waals surface area contributed by atoms with Gasteiger partial charge in [-0.1, -0.05) is 11.6 Å². The van der Waals surface area contributed by atoms with Gasteiger partial charge in [0.15, 0.2) is 0 Å². The lowest BCUT2D eigenvalue weighted by Gasteiger charge is -2.18. The van der Waals surface area contributed by atoms with Crippen LogP contribution in [0.25, 0.3) is 0 Å². The fourth-order valence-electron chi connectivity index (χ4n) is 2.92. The van der Waals surface area contributed by atoms with Crippen LogP contribution < -0.4 is 5.32 Å². The highest BCUT2D eigenvalue weighted by atomic mass is 35.5. The molecule has 0 spiro atoms. The van der Waals surface area contributed by atoms with Crippen LogP contribution in [-0.4, -0.2) is 38.9 Å². The molecule has 106 valence electrons. The van der Waals surface area contributed by atoms with Crippen LogP contribution in [0, 0.1) is 23.2 Å². The first-order valence-corrected chi connectivity index (χ1v) is 8.24. The molecule has 0 radical (unpaired) electrons. The zero-order chi connectivity index (χ0) is 14.3. The summed E-state index contributed by atoms with van der Waals surface area (Å²) in [5.41, 5.74) is 0.300. The van der Waals surface area contributed by atoms with E-state index in [-0.39, 0.29) is 9.92 Å². The Morgan fingerprint density at radius 3 is 2.55 bits per heavy atom. The van der Waals surface area contributed by atoms with Gasteiger partial charge in [-0.15, -0.1) is 0 Å². The average molecular weight is 312 g/mol. The number of nitrogens with one attached hydrogen (secondary N) is 1. The molecule has 7 heteroatoms. The van der Waals surface area contributed by atoms with Crippen molar-refractivity contribution < 1.29 is 8.42 Å². The van der Waals surface area contributed by atoms with E-state index < -0.39 is 10.0 Å². The number of rotatable bonds is 2. The molecule has 1 aromatic carbocycles. The van der Waals surface area contributed by atoms with Gasteiger partial charge in [-0.3, -0.25) is 0 Å². The van der Waals surface area contributed by atoms with Crippen LogP contribution in [0.1, 0.15) is 5.56 Å². The first-order chi connectivity index (χ1) is 9.52. The molecule has 2 atom stereocenters. The molecule has 0 unspecified atom stereocenters. The van der Waals surface area contributed by atoms with E-state index in [0.717, 1.165) is 13.1 Å². The molecule has 0 bridgehead atoms. The summed E-state index contributed by atoms with van der Waals surface area (Å²) < 4.78 is 26.8. The SMILES string of the molecule is N#Cc1ccc(Cl)c(S(=O)(=O)N2C[C@H]3CNC[C@H]3C2)c1. The summed E-state index contributed by atoms with van der Waals surface area (Å²) in [5, 5.41) is 12.3. The Morgan fingerprint density at radius 2 is 1.95 bits per heavy atom. The number of fused-ring (bicyclic) bond motifs is 1. The van der Waals surface area contributed by atoms with Crippen molar-refractivity contribution in [1.29, 1.82) is 5.26 Å². The van der Waals surface area contributed by atoms with Gasteiger partial charge in [-0.2, -0.15) is 9.57 Å². The standard InChI is InChI=1S/C13H14ClN3O2S/c14-12-2-1-9(4-15)3-13(12)20(18,19)17-7-10-5-16-6-11(10)8-17/h1-3,10-11,16H,5-8H2/t10-,11+. The van der Waals surface area contributed by atoms with E-state index in [2.05, 4.69) is 5.32 Å². The van der Waals surface area contributed by atoms with E-state index in [9.17, 15) is 8.42 Å². The van der Waals surface area contributed by atoms with Crippen molar-refractivity contribution in [3.63, 3.8) is 0 Å². The highest BCUT2D eigenvalue weighted by Gasteiger charge is 2.42. The number of hydrogen-bond donors (Lipinski definition) is 1. The second-order valence-electron chi connectivity index (χ2n) is 5.26. The number of sulfonamides is 1. The molecule has 0 amide bonds. The Bertz CT molecular complexity index is 671. The lowest BCUT2D eigenvalue weighted by molar-refractivity contribution is 0.448. The van der Waals surface area contributed by atoms with E-state index in [1.807, 2.05) is 6.07 Å². The zero-order valence-electron chi connectivity index (χ0n) is 10.7. The lowest BCUT2D eigenvalue weighted by atomic mass is 10.0. The Kier molecular flexibility index (Phi) is 3.46. The Labute approximate surface area is 123 Å². The molecule has 20 heavy (non-hydrogen) atoms. The molecule has 2 saturated heterocycles. The first kappa shape index (κ1) is 13.8. The quantitative estimate of drug-likeness (QED) is 0.886. The molecule has 2 fully saturated rings. The van der Waals surface area contributed by atoms with E-state index in [4.69, 9.17) is 16.9 Å². The van der Waals surface area contributed by atoms with Crippen molar-refractivity contribution in [3.8, 4) is 6.07 Å². The molecular formula is C13H14ClN3O2S. The minimum absolute atomic E-state index is 0.0335. The second-order valence-corrected chi connectivity index (χ2v) is 7.57. The summed E-state index contributed by atoms with van der Waals surface area (Å²) >= 11 is 6.01. The molecule has 0 saturated carbocycles. The van der Waals surface area contributed by atoms with Crippen molar-refractivity contribution in [3.05, 3.63) is 28.8 Å². The topological polar surface area (TPSA) is 73.2 Å². The van der Waals surface area contributed by atoms with E-state index >= 15 is 0 Å². The van der Waals surface area contributed by atoms with Gasteiger partial charge in [-0.25, -0.2) is 8.42 Å². The molecule has 1 aromatic rings. The third-order valence-corrected chi connectivity index (χ3v) is 6.35. The summed E-state index contributed by atoms with van der Waals surface area (Å²) in [7, 11) is -3.62. The highest BCUT2D eigenvalue weighted by molar-refractivity contribution is 7.89. The molecule has 3 rings (SSSR count). The van der Waals surface area contributed by atoms with Gasteiger partial charge in [-0.05, 0) is 43.1 Å². The molecule has 1 N–H and O–H groups in total. The Balaban J connectivity index is 1.95. The second kappa shape index (κ2) is 5.01. The number of benzene rings is 1. The van der Waals surface area contributed by atoms with Crippen molar-refractivity contribution >= 4 is 21.6 Å². The number of halogens is 1. The predicted octanol–water partition coefficient (Wildman–Crippen LogP) is 1.05.